The number of carbonyl (C=O) groups is 2. The highest BCUT2D eigenvalue weighted by molar-refractivity contribution is 5.78. The monoisotopic (exact) mass is 956 g/mol. The average molecular weight is 957 g/mol. The molecule has 3 saturated heterocycles. The molecule has 8 aliphatic rings. The van der Waals surface area contributed by atoms with Crippen molar-refractivity contribution in [3.8, 4) is 0 Å². The Morgan fingerprint density at radius 1 is 0.672 bits per heavy atom. The lowest BCUT2D eigenvalue weighted by molar-refractivity contribution is -0.361. The van der Waals surface area contributed by atoms with E-state index in [9.17, 15) is 65.8 Å². The van der Waals surface area contributed by atoms with Crippen LogP contribution in [-0.4, -0.2) is 186 Å². The molecular formula is C48H76O19. The molecule has 0 aromatic rings. The summed E-state index contributed by atoms with van der Waals surface area (Å²) in [4.78, 5) is 27.7. The fraction of sp³-hybridized carbons (Fsp3) is 0.917. The van der Waals surface area contributed by atoms with Gasteiger partial charge < -0.3 is 89.4 Å². The molecule has 0 spiro atoms. The molecule has 3 aliphatic heterocycles. The molecule has 26 unspecified atom stereocenters. The van der Waals surface area contributed by atoms with Gasteiger partial charge in [-0.2, -0.15) is 0 Å². The van der Waals surface area contributed by atoms with Gasteiger partial charge in [0.1, 0.15) is 73.4 Å². The zero-order chi connectivity index (χ0) is 48.9. The van der Waals surface area contributed by atoms with Gasteiger partial charge in [0.05, 0.1) is 42.9 Å². The van der Waals surface area contributed by atoms with E-state index < -0.39 is 128 Å². The van der Waals surface area contributed by atoms with Crippen LogP contribution in [0.3, 0.4) is 0 Å². The molecule has 0 radical (unpaired) electrons. The van der Waals surface area contributed by atoms with Crippen molar-refractivity contribution in [1.29, 1.82) is 0 Å². The van der Waals surface area contributed by atoms with Gasteiger partial charge in [0.15, 0.2) is 12.6 Å². The van der Waals surface area contributed by atoms with Crippen molar-refractivity contribution >= 4 is 12.3 Å². The highest BCUT2D eigenvalue weighted by Crippen LogP contribution is 2.77. The van der Waals surface area contributed by atoms with E-state index in [2.05, 4.69) is 27.4 Å². The van der Waals surface area contributed by atoms with Crippen LogP contribution >= 0.6 is 0 Å². The second-order valence-corrected chi connectivity index (χ2v) is 22.6. The quantitative estimate of drug-likeness (QED) is 0.0685. The average Bonchev–Trinajstić information content (AvgIpc) is 3.71. The largest absolute Gasteiger partial charge is 0.432 e. The van der Waals surface area contributed by atoms with E-state index in [0.29, 0.717) is 37.7 Å². The third-order valence-corrected chi connectivity index (χ3v) is 19.7. The molecule has 26 atom stereocenters. The van der Waals surface area contributed by atoms with Crippen molar-refractivity contribution in [2.24, 2.45) is 56.7 Å². The number of aliphatic hydroxyl groups is 11. The molecule has 382 valence electrons. The summed E-state index contributed by atoms with van der Waals surface area (Å²) in [6.45, 7) is 13.0. The molecule has 8 fully saturated rings. The van der Waals surface area contributed by atoms with Gasteiger partial charge >= 0.3 is 5.97 Å². The number of hydrogen-bond acceptors (Lipinski definition) is 19. The Kier molecular flexibility index (Phi) is 14.4. The molecule has 0 amide bonds. The Labute approximate surface area is 391 Å². The maximum atomic E-state index is 15.0. The van der Waals surface area contributed by atoms with Gasteiger partial charge in [-0.05, 0) is 123 Å². The number of aliphatic hydroxyl groups excluding tert-OH is 11. The van der Waals surface area contributed by atoms with Crippen LogP contribution in [0.4, 0.5) is 0 Å². The third kappa shape index (κ3) is 7.92. The fourth-order valence-electron chi connectivity index (χ4n) is 15.6. The number of hydrogen-bond donors (Lipinski definition) is 11. The zero-order valence-corrected chi connectivity index (χ0v) is 39.3. The van der Waals surface area contributed by atoms with Crippen LogP contribution in [-0.2, 0) is 38.0 Å². The van der Waals surface area contributed by atoms with Gasteiger partial charge in [-0.3, -0.25) is 4.79 Å². The number of ether oxygens (including phenoxy) is 6. The predicted octanol–water partition coefficient (Wildman–Crippen LogP) is -0.825. The molecule has 0 bridgehead atoms. The highest BCUT2D eigenvalue weighted by atomic mass is 16.8. The van der Waals surface area contributed by atoms with E-state index in [-0.39, 0.29) is 52.4 Å². The SMILES string of the molecule is C=C(CO)C1CCC2(C(=O)OC3OC(COC4OC(CO)C(OC5OC(C)C(O)C(O)C5O)C(O)C4O)C(O)C(O)C3O)CCC3(C)C(CCC4C5(C)CCC(O)C(C)(C=O)C5CCC43C)C12. The summed E-state index contributed by atoms with van der Waals surface area (Å²) in [5.41, 5.74) is -1.89. The molecular weight excluding hydrogens is 881 g/mol. The van der Waals surface area contributed by atoms with Gasteiger partial charge in [0, 0.05) is 0 Å². The Morgan fingerprint density at radius 2 is 1.33 bits per heavy atom. The molecule has 8 rings (SSSR count). The fourth-order valence-corrected chi connectivity index (χ4v) is 15.6. The highest BCUT2D eigenvalue weighted by Gasteiger charge is 2.73. The van der Waals surface area contributed by atoms with Gasteiger partial charge in [-0.25, -0.2) is 0 Å². The first-order valence-corrected chi connectivity index (χ1v) is 24.4. The minimum absolute atomic E-state index is 0.0109. The van der Waals surface area contributed by atoms with E-state index in [0.717, 1.165) is 38.4 Å². The summed E-state index contributed by atoms with van der Waals surface area (Å²) in [6.07, 6.45) is -17.5. The van der Waals surface area contributed by atoms with Crippen LogP contribution in [0.15, 0.2) is 12.2 Å². The molecule has 0 aromatic heterocycles. The number of fused-ring (bicyclic) bond motifs is 7. The minimum Gasteiger partial charge on any atom is -0.432 e. The lowest BCUT2D eigenvalue weighted by Gasteiger charge is -2.72. The van der Waals surface area contributed by atoms with Crippen LogP contribution in [0.25, 0.3) is 0 Å². The van der Waals surface area contributed by atoms with Crippen LogP contribution < -0.4 is 0 Å². The topological polar surface area (TPSA) is 312 Å². The first-order valence-electron chi connectivity index (χ1n) is 24.4. The van der Waals surface area contributed by atoms with Gasteiger partial charge in [-0.15, -0.1) is 0 Å². The van der Waals surface area contributed by atoms with Gasteiger partial charge in [-0.1, -0.05) is 34.3 Å². The Balaban J connectivity index is 0.975. The van der Waals surface area contributed by atoms with Crippen molar-refractivity contribution in [3.63, 3.8) is 0 Å². The van der Waals surface area contributed by atoms with Crippen molar-refractivity contribution in [2.75, 3.05) is 19.8 Å². The smallest absolute Gasteiger partial charge is 0.314 e. The number of esters is 1. The van der Waals surface area contributed by atoms with E-state index in [1.807, 2.05) is 6.92 Å². The van der Waals surface area contributed by atoms with Crippen LogP contribution in [0, 0.1) is 56.7 Å². The first-order chi connectivity index (χ1) is 31.5. The zero-order valence-electron chi connectivity index (χ0n) is 39.3. The van der Waals surface area contributed by atoms with Gasteiger partial charge in [0.2, 0.25) is 6.29 Å². The summed E-state index contributed by atoms with van der Waals surface area (Å²) in [5.74, 6) is -0.837. The Morgan fingerprint density at radius 3 is 2.00 bits per heavy atom. The van der Waals surface area contributed by atoms with E-state index in [1.54, 1.807) is 0 Å². The van der Waals surface area contributed by atoms with Crippen LogP contribution in [0.5, 0.6) is 0 Å². The minimum atomic E-state index is -1.88. The third-order valence-electron chi connectivity index (χ3n) is 19.7. The molecule has 5 saturated carbocycles. The van der Waals surface area contributed by atoms with Crippen molar-refractivity contribution < 1.29 is 94.2 Å². The molecule has 11 N–H and O–H groups in total. The molecule has 5 aliphatic carbocycles. The van der Waals surface area contributed by atoms with E-state index in [1.165, 1.54) is 6.92 Å². The lowest BCUT2D eigenvalue weighted by atomic mass is 9.32. The number of rotatable bonds is 11. The Hall–Kier alpha value is -1.76. The van der Waals surface area contributed by atoms with Gasteiger partial charge in [0.25, 0.3) is 0 Å². The maximum Gasteiger partial charge on any atom is 0.314 e. The van der Waals surface area contributed by atoms with Crippen molar-refractivity contribution in [3.05, 3.63) is 12.2 Å². The number of aldehydes is 1. The van der Waals surface area contributed by atoms with E-state index >= 15 is 0 Å². The second-order valence-electron chi connectivity index (χ2n) is 22.6. The standard InChI is InChI=1S/C48H76O19/c1-21(17-49)23-9-14-48(16-15-46(5)24(30(23)48)7-8-28-44(3)12-11-29(52)45(4,20-51)27(44)10-13-47(28,46)6)43(61)67-42-37(59)34(56)32(54)26(65-42)19-62-40-38(60)35(57)39(25(18-50)64-40)66-41-36(58)33(55)31(53)22(2)63-41/h20,22-42,49-50,52-60H,1,7-19H2,2-6H3. The summed E-state index contributed by atoms with van der Waals surface area (Å²) in [7, 11) is 0. The molecule has 19 heteroatoms. The second kappa shape index (κ2) is 18.7. The van der Waals surface area contributed by atoms with Crippen molar-refractivity contribution in [1.82, 2.24) is 0 Å². The molecule has 19 nitrogen and oxygen atoms in total. The number of carbonyl (C=O) groups excluding carboxylic acids is 2. The molecule has 0 aromatic carbocycles. The summed E-state index contributed by atoms with van der Waals surface area (Å²) >= 11 is 0. The van der Waals surface area contributed by atoms with Crippen LogP contribution in [0.2, 0.25) is 0 Å². The summed E-state index contributed by atoms with van der Waals surface area (Å²) in [6, 6.07) is 0. The van der Waals surface area contributed by atoms with E-state index in [4.69, 9.17) is 28.4 Å². The maximum absolute atomic E-state index is 15.0. The van der Waals surface area contributed by atoms with Crippen LogP contribution in [0.1, 0.15) is 98.8 Å². The summed E-state index contributed by atoms with van der Waals surface area (Å²) < 4.78 is 34.6. The first kappa shape index (κ1) is 51.6. The van der Waals surface area contributed by atoms with Crippen molar-refractivity contribution in [2.45, 2.75) is 197 Å². The Bertz CT molecular complexity index is 1820. The predicted molar refractivity (Wildman–Crippen MR) is 230 cm³/mol. The summed E-state index contributed by atoms with van der Waals surface area (Å²) in [5, 5.41) is 118. The normalized spacial score (nSPS) is 55.3. The lowest BCUT2D eigenvalue weighted by Crippen LogP contribution is -2.67. The molecule has 3 heterocycles. The molecule has 67 heavy (non-hydrogen) atoms.